The Kier molecular flexibility index (Phi) is 8.04. The summed E-state index contributed by atoms with van der Waals surface area (Å²) in [4.78, 5) is 48.6. The molecule has 2 aromatic rings. The van der Waals surface area contributed by atoms with Crippen molar-refractivity contribution in [2.75, 3.05) is 32.1 Å². The van der Waals surface area contributed by atoms with Crippen molar-refractivity contribution in [2.24, 2.45) is 0 Å². The van der Waals surface area contributed by atoms with E-state index in [-0.39, 0.29) is 12.1 Å². The minimum Gasteiger partial charge on any atom is -0.454 e. The predicted octanol–water partition coefficient (Wildman–Crippen LogP) is 1.50. The van der Waals surface area contributed by atoms with Crippen molar-refractivity contribution in [3.63, 3.8) is 0 Å². The number of nitrogens with one attached hydrogen (secondary N) is 2. The Bertz CT molecular complexity index is 930. The van der Waals surface area contributed by atoms with Crippen molar-refractivity contribution in [1.82, 2.24) is 10.2 Å². The summed E-state index contributed by atoms with van der Waals surface area (Å²) in [6, 6.07) is 12.5. The first kappa shape index (κ1) is 22.5. The van der Waals surface area contributed by atoms with E-state index < -0.39 is 42.7 Å². The molecule has 0 aliphatic heterocycles. The summed E-state index contributed by atoms with van der Waals surface area (Å²) in [6.07, 6.45) is 0. The van der Waals surface area contributed by atoms with Crippen LogP contribution in [0.2, 0.25) is 0 Å². The van der Waals surface area contributed by atoms with Crippen molar-refractivity contribution in [3.05, 3.63) is 65.5 Å². The Morgan fingerprint density at radius 2 is 1.70 bits per heavy atom. The molecule has 0 unspecified atom stereocenters. The van der Waals surface area contributed by atoms with Crippen LogP contribution >= 0.6 is 0 Å². The molecule has 0 heterocycles. The number of likely N-dealkylation sites (N-methyl/N-ethyl adjacent to an activating group) is 1. The van der Waals surface area contributed by atoms with Crippen molar-refractivity contribution < 1.29 is 28.3 Å². The van der Waals surface area contributed by atoms with Gasteiger partial charge >= 0.3 is 5.97 Å². The number of carbonyl (C=O) groups is 4. The van der Waals surface area contributed by atoms with E-state index in [0.717, 1.165) is 16.5 Å². The molecule has 8 nitrogen and oxygen atoms in total. The van der Waals surface area contributed by atoms with E-state index in [9.17, 15) is 23.6 Å². The summed E-state index contributed by atoms with van der Waals surface area (Å²) < 4.78 is 18.3. The van der Waals surface area contributed by atoms with Gasteiger partial charge < -0.3 is 20.3 Å². The molecule has 158 valence electrons. The first-order chi connectivity index (χ1) is 14.3. The van der Waals surface area contributed by atoms with Crippen LogP contribution in [0.1, 0.15) is 15.9 Å². The van der Waals surface area contributed by atoms with Gasteiger partial charge in [0, 0.05) is 12.7 Å². The molecular weight excluding hydrogens is 393 g/mol. The van der Waals surface area contributed by atoms with E-state index >= 15 is 0 Å². The summed E-state index contributed by atoms with van der Waals surface area (Å²) in [5.74, 6) is -3.36. The zero-order valence-corrected chi connectivity index (χ0v) is 16.6. The number of nitrogens with zero attached hydrogens (tertiary/aromatic N) is 1. The Balaban J connectivity index is 1.71. The average molecular weight is 415 g/mol. The molecule has 0 saturated carbocycles. The van der Waals surface area contributed by atoms with Crippen LogP contribution in [0.15, 0.2) is 48.5 Å². The van der Waals surface area contributed by atoms with E-state index in [1.54, 1.807) is 12.1 Å². The zero-order chi connectivity index (χ0) is 22.1. The van der Waals surface area contributed by atoms with E-state index in [0.29, 0.717) is 5.69 Å². The standard InChI is InChI=1S/C21H22FN3O5/c1-14-7-9-15(10-8-14)24-18(26)12-25(2)19(27)13-30-20(28)11-23-21(29)16-5-3-4-6-17(16)22/h3-10H,11-13H2,1-2H3,(H,23,29)(H,24,26). The molecule has 2 N–H and O–H groups in total. The highest BCUT2D eigenvalue weighted by Crippen LogP contribution is 2.08. The smallest absolute Gasteiger partial charge is 0.325 e. The fourth-order valence-corrected chi connectivity index (χ4v) is 2.34. The van der Waals surface area contributed by atoms with Gasteiger partial charge in [-0.15, -0.1) is 0 Å². The van der Waals surface area contributed by atoms with Gasteiger partial charge in [-0.2, -0.15) is 0 Å². The molecule has 0 saturated heterocycles. The lowest BCUT2D eigenvalue weighted by atomic mass is 10.2. The third-order valence-corrected chi connectivity index (χ3v) is 4.01. The number of hydrogen-bond donors (Lipinski definition) is 2. The molecular formula is C21H22FN3O5. The number of anilines is 1. The zero-order valence-electron chi connectivity index (χ0n) is 16.6. The molecule has 0 atom stereocenters. The maximum atomic E-state index is 13.5. The third kappa shape index (κ3) is 7.01. The van der Waals surface area contributed by atoms with Gasteiger partial charge in [0.25, 0.3) is 11.8 Å². The van der Waals surface area contributed by atoms with E-state index in [2.05, 4.69) is 10.6 Å². The maximum absolute atomic E-state index is 13.5. The van der Waals surface area contributed by atoms with Crippen molar-refractivity contribution in [3.8, 4) is 0 Å². The summed E-state index contributed by atoms with van der Waals surface area (Å²) in [5.41, 5.74) is 1.44. The number of rotatable bonds is 8. The number of benzene rings is 2. The molecule has 2 aromatic carbocycles. The molecule has 0 fully saturated rings. The molecule has 0 bridgehead atoms. The second kappa shape index (κ2) is 10.7. The Morgan fingerprint density at radius 3 is 2.37 bits per heavy atom. The lowest BCUT2D eigenvalue weighted by Crippen LogP contribution is -2.38. The van der Waals surface area contributed by atoms with Crippen LogP contribution in [0.4, 0.5) is 10.1 Å². The van der Waals surface area contributed by atoms with Crippen LogP contribution in [0.3, 0.4) is 0 Å². The number of aryl methyl sites for hydroxylation is 1. The molecule has 2 rings (SSSR count). The van der Waals surface area contributed by atoms with Crippen LogP contribution in [0.25, 0.3) is 0 Å². The molecule has 9 heteroatoms. The SMILES string of the molecule is Cc1ccc(NC(=O)CN(C)C(=O)COC(=O)CNC(=O)c2ccccc2F)cc1. The van der Waals surface area contributed by atoms with Gasteiger partial charge in [-0.25, -0.2) is 4.39 Å². The summed E-state index contributed by atoms with van der Waals surface area (Å²) >= 11 is 0. The van der Waals surface area contributed by atoms with E-state index in [4.69, 9.17) is 4.74 Å². The Labute approximate surface area is 173 Å². The van der Waals surface area contributed by atoms with Crippen LogP contribution < -0.4 is 10.6 Å². The molecule has 0 aromatic heterocycles. The Hall–Kier alpha value is -3.75. The number of hydrogen-bond acceptors (Lipinski definition) is 5. The molecule has 3 amide bonds. The highest BCUT2D eigenvalue weighted by molar-refractivity contribution is 5.96. The lowest BCUT2D eigenvalue weighted by Gasteiger charge is -2.17. The fraction of sp³-hybridized carbons (Fsp3) is 0.238. The first-order valence-corrected chi connectivity index (χ1v) is 9.05. The van der Waals surface area contributed by atoms with Gasteiger partial charge in [-0.1, -0.05) is 29.8 Å². The van der Waals surface area contributed by atoms with Crippen LogP contribution in [0, 0.1) is 12.7 Å². The molecule has 30 heavy (non-hydrogen) atoms. The quantitative estimate of drug-likeness (QED) is 0.636. The van der Waals surface area contributed by atoms with Crippen molar-refractivity contribution in [1.29, 1.82) is 0 Å². The van der Waals surface area contributed by atoms with Crippen LogP contribution in [-0.4, -0.2) is 55.3 Å². The fourth-order valence-electron chi connectivity index (χ4n) is 2.34. The second-order valence-corrected chi connectivity index (χ2v) is 6.49. The number of ether oxygens (including phenoxy) is 1. The van der Waals surface area contributed by atoms with E-state index in [1.165, 1.54) is 25.2 Å². The highest BCUT2D eigenvalue weighted by Gasteiger charge is 2.17. The van der Waals surface area contributed by atoms with Crippen LogP contribution in [-0.2, 0) is 19.1 Å². The van der Waals surface area contributed by atoms with Crippen molar-refractivity contribution >= 4 is 29.4 Å². The Morgan fingerprint density at radius 1 is 1.03 bits per heavy atom. The van der Waals surface area contributed by atoms with E-state index in [1.807, 2.05) is 19.1 Å². The highest BCUT2D eigenvalue weighted by atomic mass is 19.1. The third-order valence-electron chi connectivity index (χ3n) is 4.01. The van der Waals surface area contributed by atoms with Gasteiger partial charge in [0.15, 0.2) is 6.61 Å². The number of carbonyl (C=O) groups excluding carboxylic acids is 4. The number of halogens is 1. The first-order valence-electron chi connectivity index (χ1n) is 9.05. The normalized spacial score (nSPS) is 10.1. The monoisotopic (exact) mass is 415 g/mol. The largest absolute Gasteiger partial charge is 0.454 e. The number of esters is 1. The second-order valence-electron chi connectivity index (χ2n) is 6.49. The summed E-state index contributed by atoms with van der Waals surface area (Å²) in [6.45, 7) is 0.569. The van der Waals surface area contributed by atoms with Gasteiger partial charge in [0.2, 0.25) is 5.91 Å². The number of amides is 3. The molecule has 0 spiro atoms. The summed E-state index contributed by atoms with van der Waals surface area (Å²) in [7, 11) is 1.39. The predicted molar refractivity (Wildman–Crippen MR) is 107 cm³/mol. The maximum Gasteiger partial charge on any atom is 0.325 e. The average Bonchev–Trinajstić information content (AvgIpc) is 2.72. The van der Waals surface area contributed by atoms with Gasteiger partial charge in [0.1, 0.15) is 12.4 Å². The van der Waals surface area contributed by atoms with Crippen LogP contribution in [0.5, 0.6) is 0 Å². The summed E-state index contributed by atoms with van der Waals surface area (Å²) in [5, 5.41) is 4.87. The lowest BCUT2D eigenvalue weighted by molar-refractivity contribution is -0.150. The molecule has 0 aliphatic carbocycles. The topological polar surface area (TPSA) is 105 Å². The van der Waals surface area contributed by atoms with Gasteiger partial charge in [-0.3, -0.25) is 19.2 Å². The van der Waals surface area contributed by atoms with Gasteiger partial charge in [-0.05, 0) is 31.2 Å². The van der Waals surface area contributed by atoms with Crippen molar-refractivity contribution in [2.45, 2.75) is 6.92 Å². The van der Waals surface area contributed by atoms with Gasteiger partial charge in [0.05, 0.1) is 12.1 Å². The molecule has 0 aliphatic rings. The molecule has 0 radical (unpaired) electrons. The minimum absolute atomic E-state index is 0.208. The minimum atomic E-state index is -0.870.